The molecule has 0 unspecified atom stereocenters. The van der Waals surface area contributed by atoms with Crippen LogP contribution in [0.1, 0.15) is 18.1 Å². The van der Waals surface area contributed by atoms with E-state index in [9.17, 15) is 12.8 Å². The third-order valence-electron chi connectivity index (χ3n) is 4.76. The molecule has 0 aliphatic heterocycles. The number of hydrogen-bond donors (Lipinski definition) is 0. The van der Waals surface area contributed by atoms with Gasteiger partial charge in [0, 0.05) is 11.8 Å². The molecule has 4 aromatic rings. The van der Waals surface area contributed by atoms with Crippen LogP contribution >= 0.6 is 0 Å². The summed E-state index contributed by atoms with van der Waals surface area (Å²) in [6.45, 7) is 1.88. The molecule has 29 heavy (non-hydrogen) atoms. The molecule has 0 aliphatic rings. The number of pyridine rings is 1. The van der Waals surface area contributed by atoms with Gasteiger partial charge in [-0.05, 0) is 42.3 Å². The van der Waals surface area contributed by atoms with Crippen molar-refractivity contribution in [2.45, 2.75) is 24.8 Å². The summed E-state index contributed by atoms with van der Waals surface area (Å²) < 4.78 is 44.3. The summed E-state index contributed by atoms with van der Waals surface area (Å²) in [6.07, 6.45) is 3.94. The molecule has 0 saturated carbocycles. The molecule has 2 heterocycles. The summed E-state index contributed by atoms with van der Waals surface area (Å²) in [5.74, 6) is -0.460. The van der Waals surface area contributed by atoms with Crippen LogP contribution in [0, 0.1) is 5.82 Å². The predicted octanol–water partition coefficient (Wildman–Crippen LogP) is 3.83. The molecule has 0 N–H and O–H groups in total. The van der Waals surface area contributed by atoms with Crippen molar-refractivity contribution >= 4 is 21.4 Å². The maximum Gasteiger partial charge on any atom is 0.268 e. The molecule has 0 spiro atoms. The number of anilines is 1. The lowest BCUT2D eigenvalue weighted by Gasteiger charge is -2.25. The van der Waals surface area contributed by atoms with Crippen molar-refractivity contribution in [1.29, 1.82) is 0 Å². The lowest BCUT2D eigenvalue weighted by molar-refractivity contribution is 0.585. The van der Waals surface area contributed by atoms with Crippen molar-refractivity contribution in [2.75, 3.05) is 4.31 Å². The first kappa shape index (κ1) is 19.1. The normalized spacial score (nSPS) is 11.7. The van der Waals surface area contributed by atoms with Crippen molar-refractivity contribution < 1.29 is 12.8 Å². The lowest BCUT2D eigenvalue weighted by Crippen LogP contribution is -2.31. The summed E-state index contributed by atoms with van der Waals surface area (Å²) in [5.41, 5.74) is 2.03. The van der Waals surface area contributed by atoms with Crippen molar-refractivity contribution in [3.63, 3.8) is 0 Å². The number of aryl methyl sites for hydroxylation is 1. The molecular formula is C21H19FN4O2S. The smallest absolute Gasteiger partial charge is 0.268 e. The Balaban J connectivity index is 1.86. The molecule has 0 saturated heterocycles. The van der Waals surface area contributed by atoms with Crippen molar-refractivity contribution in [1.82, 2.24) is 14.6 Å². The highest BCUT2D eigenvalue weighted by Gasteiger charge is 2.29. The monoisotopic (exact) mass is 410 g/mol. The number of fused-ring (bicyclic) bond motifs is 1. The van der Waals surface area contributed by atoms with Gasteiger partial charge >= 0.3 is 0 Å². The number of aromatic nitrogens is 3. The Kier molecular flexibility index (Phi) is 5.02. The molecule has 148 valence electrons. The van der Waals surface area contributed by atoms with E-state index in [1.165, 1.54) is 27.2 Å². The molecule has 4 rings (SSSR count). The molecule has 0 radical (unpaired) electrons. The molecule has 6 nitrogen and oxygen atoms in total. The Morgan fingerprint density at radius 2 is 1.79 bits per heavy atom. The van der Waals surface area contributed by atoms with Crippen molar-refractivity contribution in [3.05, 3.63) is 90.1 Å². The van der Waals surface area contributed by atoms with E-state index in [1.54, 1.807) is 42.6 Å². The van der Waals surface area contributed by atoms with E-state index >= 15 is 0 Å². The number of rotatable bonds is 6. The average Bonchev–Trinajstić information content (AvgIpc) is 3.22. The largest absolute Gasteiger partial charge is 0.288 e. The van der Waals surface area contributed by atoms with E-state index in [0.29, 0.717) is 5.69 Å². The molecule has 0 atom stereocenters. The highest BCUT2D eigenvalue weighted by Crippen LogP contribution is 2.28. The van der Waals surface area contributed by atoms with E-state index in [0.717, 1.165) is 12.0 Å². The fourth-order valence-electron chi connectivity index (χ4n) is 3.14. The average molecular weight is 410 g/mol. The Bertz CT molecular complexity index is 1250. The van der Waals surface area contributed by atoms with Crippen molar-refractivity contribution in [3.8, 4) is 0 Å². The standard InChI is InChI=1S/C21H19FN4O2S/c1-2-16-9-11-18(12-10-16)26(14-17-6-3-4-7-19(17)22)29(27,28)20-8-5-13-25-15-23-24-21(20)25/h3-13,15H,2,14H2,1H3. The molecular weight excluding hydrogens is 391 g/mol. The molecule has 0 bridgehead atoms. The van der Waals surface area contributed by atoms with Gasteiger partial charge in [-0.15, -0.1) is 10.2 Å². The van der Waals surface area contributed by atoms with Crippen LogP contribution in [0.2, 0.25) is 0 Å². The number of hydrogen-bond acceptors (Lipinski definition) is 4. The maximum absolute atomic E-state index is 14.3. The minimum atomic E-state index is -4.04. The van der Waals surface area contributed by atoms with Crippen LogP contribution in [0.4, 0.5) is 10.1 Å². The van der Waals surface area contributed by atoms with E-state index in [1.807, 2.05) is 19.1 Å². The maximum atomic E-state index is 14.3. The Labute approximate surface area is 168 Å². The van der Waals surface area contributed by atoms with Crippen LogP contribution in [-0.2, 0) is 23.0 Å². The molecule has 0 fully saturated rings. The molecule has 0 aliphatic carbocycles. The summed E-state index contributed by atoms with van der Waals surface area (Å²) in [6, 6.07) is 16.5. The quantitative estimate of drug-likeness (QED) is 0.485. The van der Waals surface area contributed by atoms with Crippen LogP contribution in [-0.4, -0.2) is 23.0 Å². The minimum absolute atomic E-state index is 0.00778. The first-order valence-electron chi connectivity index (χ1n) is 9.14. The molecule has 8 heteroatoms. The van der Waals surface area contributed by atoms with Crippen LogP contribution in [0.25, 0.3) is 5.65 Å². The van der Waals surface area contributed by atoms with Gasteiger partial charge in [0.25, 0.3) is 10.0 Å². The first-order valence-corrected chi connectivity index (χ1v) is 10.6. The second kappa shape index (κ2) is 7.63. The third kappa shape index (κ3) is 3.58. The summed E-state index contributed by atoms with van der Waals surface area (Å²) in [4.78, 5) is 0.00778. The van der Waals surface area contributed by atoms with Gasteiger partial charge in [0.15, 0.2) is 5.65 Å². The summed E-state index contributed by atoms with van der Waals surface area (Å²) in [5, 5.41) is 7.74. The van der Waals surface area contributed by atoms with E-state index < -0.39 is 15.8 Å². The third-order valence-corrected chi connectivity index (χ3v) is 6.55. The van der Waals surface area contributed by atoms with Gasteiger partial charge in [0.2, 0.25) is 0 Å². The highest BCUT2D eigenvalue weighted by molar-refractivity contribution is 7.93. The second-order valence-corrected chi connectivity index (χ2v) is 8.39. The van der Waals surface area contributed by atoms with Gasteiger partial charge in [-0.3, -0.25) is 8.71 Å². The summed E-state index contributed by atoms with van der Waals surface area (Å²) >= 11 is 0. The Morgan fingerprint density at radius 3 is 2.52 bits per heavy atom. The minimum Gasteiger partial charge on any atom is -0.288 e. The predicted molar refractivity (Wildman–Crippen MR) is 109 cm³/mol. The Morgan fingerprint density at radius 1 is 1.03 bits per heavy atom. The molecule has 2 aromatic carbocycles. The van der Waals surface area contributed by atoms with Crippen molar-refractivity contribution in [2.24, 2.45) is 0 Å². The van der Waals surface area contributed by atoms with Crippen LogP contribution < -0.4 is 4.31 Å². The van der Waals surface area contributed by atoms with Crippen LogP contribution in [0.15, 0.2) is 78.1 Å². The molecule has 0 amide bonds. The highest BCUT2D eigenvalue weighted by atomic mass is 32.2. The fraction of sp³-hybridized carbons (Fsp3) is 0.143. The van der Waals surface area contributed by atoms with Gasteiger partial charge in [-0.25, -0.2) is 12.8 Å². The Hall–Kier alpha value is -3.26. The van der Waals surface area contributed by atoms with Gasteiger partial charge in [-0.2, -0.15) is 0 Å². The van der Waals surface area contributed by atoms with Crippen LogP contribution in [0.5, 0.6) is 0 Å². The molecule has 2 aromatic heterocycles. The number of benzene rings is 2. The zero-order chi connectivity index (χ0) is 20.4. The lowest BCUT2D eigenvalue weighted by atomic mass is 10.1. The fourth-order valence-corrected chi connectivity index (χ4v) is 4.71. The van der Waals surface area contributed by atoms with Gasteiger partial charge < -0.3 is 0 Å². The van der Waals surface area contributed by atoms with Gasteiger partial charge in [0.1, 0.15) is 17.0 Å². The van der Waals surface area contributed by atoms with E-state index in [4.69, 9.17) is 0 Å². The summed E-state index contributed by atoms with van der Waals surface area (Å²) in [7, 11) is -4.04. The van der Waals surface area contributed by atoms with Gasteiger partial charge in [-0.1, -0.05) is 37.3 Å². The SMILES string of the molecule is CCc1ccc(N(Cc2ccccc2F)S(=O)(=O)c2cccn3cnnc23)cc1. The first-order chi connectivity index (χ1) is 14.0. The van der Waals surface area contributed by atoms with Crippen LogP contribution in [0.3, 0.4) is 0 Å². The zero-order valence-electron chi connectivity index (χ0n) is 15.7. The van der Waals surface area contributed by atoms with E-state index in [-0.39, 0.29) is 22.7 Å². The van der Waals surface area contributed by atoms with Gasteiger partial charge in [0.05, 0.1) is 12.2 Å². The number of nitrogens with zero attached hydrogens (tertiary/aromatic N) is 4. The topological polar surface area (TPSA) is 67.6 Å². The number of halogens is 1. The van der Waals surface area contributed by atoms with E-state index in [2.05, 4.69) is 10.2 Å². The zero-order valence-corrected chi connectivity index (χ0v) is 16.6. The number of sulfonamides is 1. The second-order valence-electron chi connectivity index (χ2n) is 6.56.